The summed E-state index contributed by atoms with van der Waals surface area (Å²) in [5.41, 5.74) is 4.58. The number of carbonyl (C=O) groups is 1. The number of pyridine rings is 3. The monoisotopic (exact) mass is 384 g/mol. The molecule has 1 aliphatic heterocycles. The van der Waals surface area contributed by atoms with Crippen LogP contribution in [-0.4, -0.2) is 48.5 Å². The van der Waals surface area contributed by atoms with Crippen molar-refractivity contribution in [2.75, 3.05) is 13.1 Å². The molecule has 0 spiro atoms. The summed E-state index contributed by atoms with van der Waals surface area (Å²) >= 11 is 0. The van der Waals surface area contributed by atoms with Crippen molar-refractivity contribution < 1.29 is 4.79 Å². The molecule has 29 heavy (non-hydrogen) atoms. The molecule has 4 aromatic heterocycles. The van der Waals surface area contributed by atoms with E-state index in [1.165, 1.54) is 0 Å². The number of likely N-dealkylation sites (tertiary alicyclic amines) is 1. The summed E-state index contributed by atoms with van der Waals surface area (Å²) in [7, 11) is 0. The van der Waals surface area contributed by atoms with Gasteiger partial charge in [-0.05, 0) is 54.8 Å². The van der Waals surface area contributed by atoms with Gasteiger partial charge in [-0.3, -0.25) is 14.8 Å². The Morgan fingerprint density at radius 2 is 1.93 bits per heavy atom. The largest absolute Gasteiger partial charge is 0.338 e. The lowest BCUT2D eigenvalue weighted by molar-refractivity contribution is 0.0790. The summed E-state index contributed by atoms with van der Waals surface area (Å²) in [5, 5.41) is 4.70. The van der Waals surface area contributed by atoms with Crippen LogP contribution in [0.1, 0.15) is 34.1 Å². The van der Waals surface area contributed by atoms with Crippen molar-refractivity contribution in [3.05, 3.63) is 78.3 Å². The van der Waals surface area contributed by atoms with Gasteiger partial charge in [-0.2, -0.15) is 5.10 Å². The topological polar surface area (TPSA) is 76.3 Å². The highest BCUT2D eigenvalue weighted by atomic mass is 16.2. The molecule has 0 aliphatic carbocycles. The van der Waals surface area contributed by atoms with Crippen LogP contribution in [0.5, 0.6) is 0 Å². The number of hydrogen-bond donors (Lipinski definition) is 0. The molecule has 0 N–H and O–H groups in total. The van der Waals surface area contributed by atoms with Crippen molar-refractivity contribution >= 4 is 11.6 Å². The predicted molar refractivity (Wildman–Crippen MR) is 108 cm³/mol. The van der Waals surface area contributed by atoms with Crippen LogP contribution in [0.4, 0.5) is 0 Å². The molecule has 4 aromatic rings. The van der Waals surface area contributed by atoms with Crippen LogP contribution < -0.4 is 0 Å². The molecule has 1 aliphatic rings. The first kappa shape index (κ1) is 17.5. The number of rotatable bonds is 3. The molecule has 0 unspecified atom stereocenters. The van der Waals surface area contributed by atoms with Gasteiger partial charge in [0.1, 0.15) is 0 Å². The highest BCUT2D eigenvalue weighted by Crippen LogP contribution is 2.27. The van der Waals surface area contributed by atoms with Crippen molar-refractivity contribution in [1.82, 2.24) is 29.5 Å². The second-order valence-electron chi connectivity index (χ2n) is 7.41. The Morgan fingerprint density at radius 1 is 1.07 bits per heavy atom. The third-order valence-electron chi connectivity index (χ3n) is 5.32. The average molecular weight is 384 g/mol. The Hall–Kier alpha value is -3.61. The first-order valence-corrected chi connectivity index (χ1v) is 9.65. The summed E-state index contributed by atoms with van der Waals surface area (Å²) in [6, 6.07) is 9.84. The molecule has 1 saturated heterocycles. The Labute approximate surface area is 168 Å². The van der Waals surface area contributed by atoms with E-state index in [2.05, 4.69) is 9.97 Å². The van der Waals surface area contributed by atoms with Crippen LogP contribution in [0.15, 0.2) is 61.3 Å². The highest BCUT2D eigenvalue weighted by Gasteiger charge is 2.30. The molecular weight excluding hydrogens is 364 g/mol. The number of hydrogen-bond acceptors (Lipinski definition) is 5. The zero-order valence-electron chi connectivity index (χ0n) is 16.1. The zero-order chi connectivity index (χ0) is 19.8. The minimum absolute atomic E-state index is 0.0208. The Morgan fingerprint density at radius 3 is 2.76 bits per heavy atom. The standard InChI is InChI=1S/C22H20N6O/c1-15-10-19(12-24-11-15)22(29)27-9-6-18(13-27)21-25-20-3-2-17(14-28(20)26-21)16-4-7-23-8-5-16/h2-5,7-8,10-12,14,18H,6,9,13H2,1H3/t18-/m1/s1. The van der Waals surface area contributed by atoms with Crippen molar-refractivity contribution in [3.63, 3.8) is 0 Å². The maximum absolute atomic E-state index is 12.8. The minimum Gasteiger partial charge on any atom is -0.338 e. The van der Waals surface area contributed by atoms with E-state index >= 15 is 0 Å². The van der Waals surface area contributed by atoms with E-state index in [0.717, 1.165) is 34.6 Å². The molecule has 5 rings (SSSR count). The number of amides is 1. The third-order valence-corrected chi connectivity index (χ3v) is 5.32. The van der Waals surface area contributed by atoms with E-state index in [0.29, 0.717) is 18.7 Å². The average Bonchev–Trinajstić information content (AvgIpc) is 3.40. The highest BCUT2D eigenvalue weighted by molar-refractivity contribution is 5.94. The second kappa shape index (κ2) is 7.09. The molecule has 1 atom stereocenters. The molecule has 1 fully saturated rings. The van der Waals surface area contributed by atoms with Crippen LogP contribution in [0, 0.1) is 6.92 Å². The van der Waals surface area contributed by atoms with Crippen LogP contribution in [0.3, 0.4) is 0 Å². The van der Waals surface area contributed by atoms with Gasteiger partial charge in [0.2, 0.25) is 0 Å². The van der Waals surface area contributed by atoms with Crippen molar-refractivity contribution in [2.24, 2.45) is 0 Å². The fraction of sp³-hybridized carbons (Fsp3) is 0.227. The molecule has 7 heteroatoms. The summed E-state index contributed by atoms with van der Waals surface area (Å²) in [4.78, 5) is 27.6. The van der Waals surface area contributed by atoms with Crippen LogP contribution in [-0.2, 0) is 0 Å². The Balaban J connectivity index is 1.37. The van der Waals surface area contributed by atoms with Crippen LogP contribution in [0.25, 0.3) is 16.8 Å². The number of aromatic nitrogens is 5. The van der Waals surface area contributed by atoms with Gasteiger partial charge in [-0.25, -0.2) is 9.50 Å². The Kier molecular flexibility index (Phi) is 4.27. The minimum atomic E-state index is 0.0208. The van der Waals surface area contributed by atoms with E-state index < -0.39 is 0 Å². The maximum atomic E-state index is 12.8. The molecule has 1 amide bonds. The molecule has 7 nitrogen and oxygen atoms in total. The van der Waals surface area contributed by atoms with Gasteiger partial charge in [-0.1, -0.05) is 0 Å². The predicted octanol–water partition coefficient (Wildman–Crippen LogP) is 3.12. The van der Waals surface area contributed by atoms with E-state index in [-0.39, 0.29) is 11.8 Å². The lowest BCUT2D eigenvalue weighted by atomic mass is 10.1. The van der Waals surface area contributed by atoms with Gasteiger partial charge in [0.15, 0.2) is 11.5 Å². The van der Waals surface area contributed by atoms with Gasteiger partial charge in [-0.15, -0.1) is 0 Å². The normalized spacial score (nSPS) is 16.4. The molecule has 0 aromatic carbocycles. The maximum Gasteiger partial charge on any atom is 0.255 e. The zero-order valence-corrected chi connectivity index (χ0v) is 16.1. The summed E-state index contributed by atoms with van der Waals surface area (Å²) < 4.78 is 1.82. The second-order valence-corrected chi connectivity index (χ2v) is 7.41. The number of aryl methyl sites for hydroxylation is 1. The van der Waals surface area contributed by atoms with Crippen molar-refractivity contribution in [3.8, 4) is 11.1 Å². The van der Waals surface area contributed by atoms with E-state index in [1.807, 2.05) is 52.9 Å². The van der Waals surface area contributed by atoms with Crippen LogP contribution >= 0.6 is 0 Å². The first-order valence-electron chi connectivity index (χ1n) is 9.65. The lowest BCUT2D eigenvalue weighted by Gasteiger charge is -2.15. The summed E-state index contributed by atoms with van der Waals surface area (Å²) in [6.45, 7) is 3.27. The van der Waals surface area contributed by atoms with Crippen molar-refractivity contribution in [2.45, 2.75) is 19.3 Å². The third kappa shape index (κ3) is 3.35. The van der Waals surface area contributed by atoms with E-state index in [1.54, 1.807) is 24.8 Å². The fourth-order valence-electron chi connectivity index (χ4n) is 3.80. The number of nitrogens with zero attached hydrogens (tertiary/aromatic N) is 6. The summed E-state index contributed by atoms with van der Waals surface area (Å²) in [6.07, 6.45) is 9.79. The Bertz CT molecular complexity index is 1190. The van der Waals surface area contributed by atoms with E-state index in [9.17, 15) is 4.79 Å². The lowest BCUT2D eigenvalue weighted by Crippen LogP contribution is -2.28. The van der Waals surface area contributed by atoms with E-state index in [4.69, 9.17) is 10.1 Å². The molecule has 0 saturated carbocycles. The van der Waals surface area contributed by atoms with Gasteiger partial charge in [0, 0.05) is 55.6 Å². The first-order chi connectivity index (χ1) is 14.2. The molecule has 5 heterocycles. The molecule has 0 bridgehead atoms. The quantitative estimate of drug-likeness (QED) is 0.542. The van der Waals surface area contributed by atoms with Gasteiger partial charge < -0.3 is 4.90 Å². The summed E-state index contributed by atoms with van der Waals surface area (Å²) in [5.74, 6) is 0.947. The number of fused-ring (bicyclic) bond motifs is 1. The SMILES string of the molecule is Cc1cncc(C(=O)N2CC[C@@H](c3nc4ccc(-c5ccncc5)cn4n3)C2)c1. The molecular formula is C22H20N6O. The van der Waals surface area contributed by atoms with Gasteiger partial charge in [0.05, 0.1) is 5.56 Å². The van der Waals surface area contributed by atoms with Gasteiger partial charge >= 0.3 is 0 Å². The van der Waals surface area contributed by atoms with Crippen molar-refractivity contribution in [1.29, 1.82) is 0 Å². The molecule has 0 radical (unpaired) electrons. The number of carbonyl (C=O) groups excluding carboxylic acids is 1. The van der Waals surface area contributed by atoms with Gasteiger partial charge in [0.25, 0.3) is 5.91 Å². The fourth-order valence-corrected chi connectivity index (χ4v) is 3.80. The van der Waals surface area contributed by atoms with Crippen LogP contribution in [0.2, 0.25) is 0 Å². The smallest absolute Gasteiger partial charge is 0.255 e. The molecule has 144 valence electrons.